The van der Waals surface area contributed by atoms with Gasteiger partial charge in [-0.1, -0.05) is 26.0 Å². The number of nitrogens with one attached hydrogen (secondary N) is 1. The number of benzene rings is 1. The van der Waals surface area contributed by atoms with Crippen molar-refractivity contribution in [3.05, 3.63) is 34.1 Å². The van der Waals surface area contributed by atoms with E-state index < -0.39 is 0 Å². The summed E-state index contributed by atoms with van der Waals surface area (Å²) in [6.45, 7) is 6.18. The van der Waals surface area contributed by atoms with E-state index in [0.29, 0.717) is 5.92 Å². The number of aromatic nitrogens is 2. The van der Waals surface area contributed by atoms with Gasteiger partial charge in [0.1, 0.15) is 0 Å². The molecule has 2 aromatic rings. The first-order chi connectivity index (χ1) is 9.66. The number of hydrogen-bond donors (Lipinski definition) is 1. The SMILES string of the molecule is CC(C)c1cccc2nc(N3CCCCC3)[nH]c(=O)c12. The summed E-state index contributed by atoms with van der Waals surface area (Å²) >= 11 is 0. The van der Waals surface area contributed by atoms with Crippen molar-refractivity contribution in [3.63, 3.8) is 0 Å². The molecule has 1 fully saturated rings. The fourth-order valence-corrected chi connectivity index (χ4v) is 2.94. The minimum absolute atomic E-state index is 0.0140. The van der Waals surface area contributed by atoms with Crippen molar-refractivity contribution in [1.82, 2.24) is 9.97 Å². The average molecular weight is 271 g/mol. The van der Waals surface area contributed by atoms with Crippen LogP contribution in [0.5, 0.6) is 0 Å². The Hall–Kier alpha value is -1.84. The minimum Gasteiger partial charge on any atom is -0.342 e. The average Bonchev–Trinajstić information content (AvgIpc) is 2.47. The van der Waals surface area contributed by atoms with E-state index in [1.807, 2.05) is 18.2 Å². The van der Waals surface area contributed by atoms with E-state index in [1.54, 1.807) is 0 Å². The standard InChI is InChI=1S/C16H21N3O/c1-11(2)12-7-6-8-13-14(12)15(20)18-16(17-13)19-9-4-3-5-10-19/h6-8,11H,3-5,9-10H2,1-2H3,(H,17,18,20). The van der Waals surface area contributed by atoms with Crippen LogP contribution in [-0.4, -0.2) is 23.1 Å². The van der Waals surface area contributed by atoms with Crippen LogP contribution < -0.4 is 10.5 Å². The van der Waals surface area contributed by atoms with Gasteiger partial charge in [-0.25, -0.2) is 4.98 Å². The van der Waals surface area contributed by atoms with Crippen LogP contribution in [0.2, 0.25) is 0 Å². The molecule has 0 atom stereocenters. The molecule has 1 saturated heterocycles. The topological polar surface area (TPSA) is 49.0 Å². The van der Waals surface area contributed by atoms with Crippen LogP contribution in [0, 0.1) is 0 Å². The van der Waals surface area contributed by atoms with Crippen molar-refractivity contribution < 1.29 is 0 Å². The molecule has 0 saturated carbocycles. The van der Waals surface area contributed by atoms with Crippen molar-refractivity contribution in [2.45, 2.75) is 39.0 Å². The molecule has 1 aliphatic heterocycles. The van der Waals surface area contributed by atoms with Crippen LogP contribution in [0.3, 0.4) is 0 Å². The second kappa shape index (κ2) is 5.27. The lowest BCUT2D eigenvalue weighted by Crippen LogP contribution is -2.32. The summed E-state index contributed by atoms with van der Waals surface area (Å²) in [6.07, 6.45) is 3.62. The zero-order chi connectivity index (χ0) is 14.1. The number of piperidine rings is 1. The molecule has 0 unspecified atom stereocenters. The predicted molar refractivity (Wildman–Crippen MR) is 82.5 cm³/mol. The minimum atomic E-state index is -0.0140. The van der Waals surface area contributed by atoms with Crippen molar-refractivity contribution >= 4 is 16.9 Å². The zero-order valence-electron chi connectivity index (χ0n) is 12.1. The molecule has 1 aromatic heterocycles. The van der Waals surface area contributed by atoms with Crippen LogP contribution in [0.4, 0.5) is 5.95 Å². The van der Waals surface area contributed by atoms with Gasteiger partial charge in [0, 0.05) is 13.1 Å². The van der Waals surface area contributed by atoms with Gasteiger partial charge in [0.05, 0.1) is 10.9 Å². The Morgan fingerprint density at radius 3 is 2.65 bits per heavy atom. The van der Waals surface area contributed by atoms with Gasteiger partial charge >= 0.3 is 0 Å². The molecule has 0 spiro atoms. The van der Waals surface area contributed by atoms with Crippen LogP contribution >= 0.6 is 0 Å². The molecule has 1 N–H and O–H groups in total. The van der Waals surface area contributed by atoms with Crippen molar-refractivity contribution in [2.24, 2.45) is 0 Å². The Morgan fingerprint density at radius 1 is 1.20 bits per heavy atom. The number of nitrogens with zero attached hydrogens (tertiary/aromatic N) is 2. The molecule has 0 aliphatic carbocycles. The Morgan fingerprint density at radius 2 is 1.95 bits per heavy atom. The Labute approximate surface area is 118 Å². The molecule has 2 heterocycles. The van der Waals surface area contributed by atoms with Gasteiger partial charge in [-0.05, 0) is 36.8 Å². The van der Waals surface area contributed by atoms with Crippen LogP contribution in [0.1, 0.15) is 44.6 Å². The number of anilines is 1. The lowest BCUT2D eigenvalue weighted by Gasteiger charge is -2.27. The molecule has 3 rings (SSSR count). The summed E-state index contributed by atoms with van der Waals surface area (Å²) in [5, 5.41) is 0.739. The molecule has 1 aliphatic rings. The third-order valence-electron chi connectivity index (χ3n) is 4.03. The number of aromatic amines is 1. The second-order valence-electron chi connectivity index (χ2n) is 5.83. The quantitative estimate of drug-likeness (QED) is 0.913. The highest BCUT2D eigenvalue weighted by atomic mass is 16.1. The Bertz CT molecular complexity index is 669. The van der Waals surface area contributed by atoms with Gasteiger partial charge in [0.25, 0.3) is 5.56 Å². The van der Waals surface area contributed by atoms with Crippen molar-refractivity contribution in [3.8, 4) is 0 Å². The summed E-state index contributed by atoms with van der Waals surface area (Å²) in [5.74, 6) is 1.05. The smallest absolute Gasteiger partial charge is 0.260 e. The summed E-state index contributed by atoms with van der Waals surface area (Å²) < 4.78 is 0. The van der Waals surface area contributed by atoms with Crippen molar-refractivity contribution in [2.75, 3.05) is 18.0 Å². The molecule has 0 radical (unpaired) electrons. The summed E-state index contributed by atoms with van der Waals surface area (Å²) in [4.78, 5) is 22.3. The van der Waals surface area contributed by atoms with Crippen LogP contribution in [0.15, 0.2) is 23.0 Å². The molecular formula is C16H21N3O. The van der Waals surface area contributed by atoms with Gasteiger partial charge in [-0.2, -0.15) is 0 Å². The third kappa shape index (κ3) is 2.30. The highest BCUT2D eigenvalue weighted by Gasteiger charge is 2.16. The fraction of sp³-hybridized carbons (Fsp3) is 0.500. The van der Waals surface area contributed by atoms with Gasteiger partial charge in [-0.3, -0.25) is 9.78 Å². The van der Waals surface area contributed by atoms with E-state index in [4.69, 9.17) is 0 Å². The number of H-pyrrole nitrogens is 1. The molecule has 106 valence electrons. The number of rotatable bonds is 2. The number of hydrogen-bond acceptors (Lipinski definition) is 3. The zero-order valence-corrected chi connectivity index (χ0v) is 12.1. The molecule has 0 bridgehead atoms. The largest absolute Gasteiger partial charge is 0.342 e. The van der Waals surface area contributed by atoms with E-state index in [-0.39, 0.29) is 5.56 Å². The monoisotopic (exact) mass is 271 g/mol. The van der Waals surface area contributed by atoms with E-state index >= 15 is 0 Å². The van der Waals surface area contributed by atoms with Gasteiger partial charge in [-0.15, -0.1) is 0 Å². The highest BCUT2D eigenvalue weighted by Crippen LogP contribution is 2.23. The molecule has 4 nitrogen and oxygen atoms in total. The number of fused-ring (bicyclic) bond motifs is 1. The summed E-state index contributed by atoms with van der Waals surface area (Å²) in [5.41, 5.74) is 1.86. The first kappa shape index (κ1) is 13.2. The second-order valence-corrected chi connectivity index (χ2v) is 5.83. The lowest BCUT2D eigenvalue weighted by molar-refractivity contribution is 0.568. The maximum Gasteiger partial charge on any atom is 0.260 e. The van der Waals surface area contributed by atoms with Crippen molar-refractivity contribution in [1.29, 1.82) is 0 Å². The summed E-state index contributed by atoms with van der Waals surface area (Å²) in [6, 6.07) is 5.94. The van der Waals surface area contributed by atoms with E-state index in [2.05, 4.69) is 28.7 Å². The molecule has 1 aromatic carbocycles. The summed E-state index contributed by atoms with van der Waals surface area (Å²) in [7, 11) is 0. The Kier molecular flexibility index (Phi) is 3.47. The van der Waals surface area contributed by atoms with Gasteiger partial charge in [0.15, 0.2) is 0 Å². The van der Waals surface area contributed by atoms with Gasteiger partial charge < -0.3 is 4.90 Å². The molecule has 0 amide bonds. The predicted octanol–water partition coefficient (Wildman–Crippen LogP) is 3.04. The highest BCUT2D eigenvalue weighted by molar-refractivity contribution is 5.82. The first-order valence-corrected chi connectivity index (χ1v) is 7.44. The van der Waals surface area contributed by atoms with E-state index in [9.17, 15) is 4.79 Å². The van der Waals surface area contributed by atoms with E-state index in [0.717, 1.165) is 35.5 Å². The lowest BCUT2D eigenvalue weighted by atomic mass is 9.99. The molecule has 4 heteroatoms. The molecular weight excluding hydrogens is 250 g/mol. The van der Waals surface area contributed by atoms with Crippen LogP contribution in [0.25, 0.3) is 10.9 Å². The van der Waals surface area contributed by atoms with Gasteiger partial charge in [0.2, 0.25) is 5.95 Å². The van der Waals surface area contributed by atoms with Crippen LogP contribution in [-0.2, 0) is 0 Å². The van der Waals surface area contributed by atoms with E-state index in [1.165, 1.54) is 19.3 Å². The molecule has 20 heavy (non-hydrogen) atoms. The third-order valence-corrected chi connectivity index (χ3v) is 4.03. The normalized spacial score (nSPS) is 16.1. The fourth-order valence-electron chi connectivity index (χ4n) is 2.94. The maximum atomic E-state index is 12.4. The first-order valence-electron chi connectivity index (χ1n) is 7.44. The maximum absolute atomic E-state index is 12.4. The Balaban J connectivity index is 2.13.